The van der Waals surface area contributed by atoms with Gasteiger partial charge in [-0.1, -0.05) is 72.2 Å². The van der Waals surface area contributed by atoms with Gasteiger partial charge in [0.25, 0.3) is 10.0 Å². The molecule has 0 spiro atoms. The van der Waals surface area contributed by atoms with Crippen LogP contribution in [0.25, 0.3) is 11.1 Å². The highest BCUT2D eigenvalue weighted by atomic mass is 32.2. The molecule has 2 heterocycles. The van der Waals surface area contributed by atoms with Gasteiger partial charge in [0.05, 0.1) is 0 Å². The Morgan fingerprint density at radius 2 is 1.92 bits per heavy atom. The highest BCUT2D eigenvalue weighted by molar-refractivity contribution is 7.92. The van der Waals surface area contributed by atoms with Crippen LogP contribution >= 0.6 is 11.3 Å². The van der Waals surface area contributed by atoms with E-state index in [1.165, 1.54) is 11.3 Å². The van der Waals surface area contributed by atoms with E-state index in [0.29, 0.717) is 24.4 Å². The fourth-order valence-electron chi connectivity index (χ4n) is 3.86. The summed E-state index contributed by atoms with van der Waals surface area (Å²) < 4.78 is 36.8. The van der Waals surface area contributed by atoms with Crippen LogP contribution in [0.2, 0.25) is 0 Å². The van der Waals surface area contributed by atoms with Crippen LogP contribution in [-0.2, 0) is 33.1 Å². The molecule has 0 saturated carbocycles. The summed E-state index contributed by atoms with van der Waals surface area (Å²) in [7, 11) is -4.21. The van der Waals surface area contributed by atoms with Crippen molar-refractivity contribution in [2.24, 2.45) is 10.3 Å². The molecular formula is C27H36N3O4S2-. The van der Waals surface area contributed by atoms with Gasteiger partial charge >= 0.3 is 0 Å². The van der Waals surface area contributed by atoms with Gasteiger partial charge in [-0.15, -0.1) is 15.7 Å². The van der Waals surface area contributed by atoms with Crippen molar-refractivity contribution >= 4 is 27.4 Å². The van der Waals surface area contributed by atoms with E-state index in [4.69, 9.17) is 4.74 Å². The number of imidazole rings is 1. The highest BCUT2D eigenvalue weighted by Gasteiger charge is 2.24. The average Bonchev–Trinajstić information content (AvgIpc) is 3.41. The van der Waals surface area contributed by atoms with Crippen LogP contribution in [0.3, 0.4) is 0 Å². The Labute approximate surface area is 218 Å². The fraction of sp³-hybridized carbons (Fsp3) is 0.481. The first kappa shape index (κ1) is 27.9. The van der Waals surface area contributed by atoms with E-state index in [2.05, 4.69) is 48.6 Å². The van der Waals surface area contributed by atoms with E-state index in [9.17, 15) is 13.5 Å². The summed E-state index contributed by atoms with van der Waals surface area (Å²) >= 11 is 1.17. The number of rotatable bonds is 10. The molecule has 0 aliphatic heterocycles. The number of hydrogen-bond acceptors (Lipinski definition) is 6. The molecule has 3 aromatic rings. The third-order valence-corrected chi connectivity index (χ3v) is 8.43. The summed E-state index contributed by atoms with van der Waals surface area (Å²) in [6.45, 7) is 13.3. The molecule has 0 N–H and O–H groups in total. The summed E-state index contributed by atoms with van der Waals surface area (Å²) in [4.78, 5) is 5.45. The summed E-state index contributed by atoms with van der Waals surface area (Å²) in [5.74, 6) is 1.36. The van der Waals surface area contributed by atoms with Crippen molar-refractivity contribution in [1.82, 2.24) is 9.55 Å². The van der Waals surface area contributed by atoms with Crippen LogP contribution in [0, 0.1) is 5.92 Å². The number of hydrogen-bond donors (Lipinski definition) is 0. The van der Waals surface area contributed by atoms with Crippen molar-refractivity contribution in [1.29, 1.82) is 0 Å². The van der Waals surface area contributed by atoms with Crippen LogP contribution in [0.15, 0.2) is 51.3 Å². The maximum absolute atomic E-state index is 13.1. The number of aromatic nitrogens is 2. The van der Waals surface area contributed by atoms with E-state index in [0.717, 1.165) is 34.7 Å². The topological polar surface area (TPSA) is 96.6 Å². The van der Waals surface area contributed by atoms with Crippen molar-refractivity contribution in [2.45, 2.75) is 77.0 Å². The summed E-state index contributed by atoms with van der Waals surface area (Å²) in [6, 6.07) is 9.73. The average molecular weight is 531 g/mol. The SMILES string of the molecule is CCCCO/C([O-])=N/S(=O)(=O)c1sc(CC(C)C)cc1-c1ccc(Cn2ccnc2C(C)(C)C)cc1. The van der Waals surface area contributed by atoms with Crippen LogP contribution < -0.4 is 5.11 Å². The van der Waals surface area contributed by atoms with Gasteiger partial charge in [0.1, 0.15) is 10.0 Å². The molecule has 196 valence electrons. The van der Waals surface area contributed by atoms with E-state index < -0.39 is 16.1 Å². The quantitative estimate of drug-likeness (QED) is 0.199. The Morgan fingerprint density at radius 1 is 1.22 bits per heavy atom. The number of thiophene rings is 1. The number of unbranched alkanes of at least 4 members (excludes halogenated alkanes) is 1. The summed E-state index contributed by atoms with van der Waals surface area (Å²) in [5, 5.41) is 12.1. The molecule has 2 aromatic heterocycles. The lowest BCUT2D eigenvalue weighted by atomic mass is 9.95. The minimum Gasteiger partial charge on any atom is -0.600 e. The predicted molar refractivity (Wildman–Crippen MR) is 144 cm³/mol. The van der Waals surface area contributed by atoms with Crippen molar-refractivity contribution in [3.05, 3.63) is 59.0 Å². The zero-order valence-electron chi connectivity index (χ0n) is 21.9. The third kappa shape index (κ3) is 7.20. The lowest BCUT2D eigenvalue weighted by Gasteiger charge is -2.20. The molecule has 1 aromatic carbocycles. The standard InChI is InChI=1S/C27H37N3O4S2/c1-7-8-15-34-26(31)29-36(32,33)24-23(17-22(35-24)16-19(2)3)21-11-9-20(10-12-21)18-30-14-13-28-25(30)27(4,5)6/h9-14,17,19H,7-8,15-16,18H2,1-6H3,(H,29,31)/p-1. The molecule has 0 saturated heterocycles. The molecule has 7 nitrogen and oxygen atoms in total. The van der Waals surface area contributed by atoms with Crippen LogP contribution in [0.1, 0.15) is 70.6 Å². The van der Waals surface area contributed by atoms with Gasteiger partial charge in [0.15, 0.2) is 6.08 Å². The van der Waals surface area contributed by atoms with E-state index in [1.54, 1.807) is 0 Å². The van der Waals surface area contributed by atoms with Crippen molar-refractivity contribution in [3.8, 4) is 11.1 Å². The zero-order valence-corrected chi connectivity index (χ0v) is 23.6. The molecule has 0 aliphatic rings. The number of sulfonamides is 1. The van der Waals surface area contributed by atoms with E-state index in [1.807, 2.05) is 49.6 Å². The molecular weight excluding hydrogens is 494 g/mol. The van der Waals surface area contributed by atoms with Crippen molar-refractivity contribution in [3.63, 3.8) is 0 Å². The second-order valence-electron chi connectivity index (χ2n) is 10.4. The van der Waals surface area contributed by atoms with Gasteiger partial charge in [-0.3, -0.25) is 0 Å². The predicted octanol–water partition coefficient (Wildman–Crippen LogP) is 5.38. The Hall–Kier alpha value is -2.65. The smallest absolute Gasteiger partial charge is 0.294 e. The summed E-state index contributed by atoms with van der Waals surface area (Å²) in [6.07, 6.45) is 4.94. The molecule has 0 amide bonds. The first-order valence-electron chi connectivity index (χ1n) is 12.3. The first-order valence-corrected chi connectivity index (χ1v) is 14.5. The third-order valence-electron chi connectivity index (χ3n) is 5.52. The van der Waals surface area contributed by atoms with Gasteiger partial charge in [0.2, 0.25) is 0 Å². The minimum atomic E-state index is -4.21. The second kappa shape index (κ2) is 11.6. The molecule has 0 aliphatic carbocycles. The summed E-state index contributed by atoms with van der Waals surface area (Å²) in [5.41, 5.74) is 2.33. The number of nitrogens with zero attached hydrogens (tertiary/aromatic N) is 3. The van der Waals surface area contributed by atoms with Crippen molar-refractivity contribution in [2.75, 3.05) is 6.61 Å². The lowest BCUT2D eigenvalue weighted by molar-refractivity contribution is -0.249. The molecule has 0 atom stereocenters. The van der Waals surface area contributed by atoms with Gasteiger partial charge in [-0.2, -0.15) is 8.42 Å². The lowest BCUT2D eigenvalue weighted by Crippen LogP contribution is -2.23. The monoisotopic (exact) mass is 530 g/mol. The Kier molecular flexibility index (Phi) is 9.00. The Morgan fingerprint density at radius 3 is 2.53 bits per heavy atom. The number of ether oxygens (including phenoxy) is 1. The van der Waals surface area contributed by atoms with Crippen LogP contribution in [-0.4, -0.2) is 30.7 Å². The minimum absolute atomic E-state index is 0.0720. The van der Waals surface area contributed by atoms with Crippen LogP contribution in [0.4, 0.5) is 0 Å². The highest BCUT2D eigenvalue weighted by Crippen LogP contribution is 2.37. The molecule has 36 heavy (non-hydrogen) atoms. The molecule has 0 radical (unpaired) electrons. The maximum atomic E-state index is 13.1. The second-order valence-corrected chi connectivity index (χ2v) is 13.3. The Balaban J connectivity index is 1.93. The van der Waals surface area contributed by atoms with Gasteiger partial charge in [-0.25, -0.2) is 4.98 Å². The molecule has 0 fully saturated rings. The van der Waals surface area contributed by atoms with Gasteiger partial charge < -0.3 is 14.4 Å². The molecule has 3 rings (SSSR count). The van der Waals surface area contributed by atoms with Gasteiger partial charge in [0, 0.05) is 34.8 Å². The molecule has 0 bridgehead atoms. The van der Waals surface area contributed by atoms with E-state index >= 15 is 0 Å². The molecule has 0 unspecified atom stereocenters. The maximum Gasteiger partial charge on any atom is 0.294 e. The number of benzene rings is 1. The largest absolute Gasteiger partial charge is 0.600 e. The van der Waals surface area contributed by atoms with E-state index in [-0.39, 0.29) is 16.2 Å². The first-order chi connectivity index (χ1) is 16.9. The van der Waals surface area contributed by atoms with Crippen LogP contribution in [0.5, 0.6) is 0 Å². The Bertz CT molecular complexity index is 1280. The normalized spacial score (nSPS) is 12.9. The van der Waals surface area contributed by atoms with Crippen molar-refractivity contribution < 1.29 is 18.3 Å². The zero-order chi connectivity index (χ0) is 26.5. The fourth-order valence-corrected chi connectivity index (χ4v) is 6.62. The van der Waals surface area contributed by atoms with Gasteiger partial charge in [-0.05, 0) is 42.6 Å². The molecule has 9 heteroatoms.